The van der Waals surface area contributed by atoms with E-state index in [2.05, 4.69) is 15.8 Å². The van der Waals surface area contributed by atoms with Crippen molar-refractivity contribution in [2.75, 3.05) is 5.32 Å². The number of rotatable bonds is 5. The van der Waals surface area contributed by atoms with Crippen molar-refractivity contribution in [2.45, 2.75) is 20.3 Å². The van der Waals surface area contributed by atoms with Gasteiger partial charge in [0.2, 0.25) is 5.91 Å². The van der Waals surface area contributed by atoms with E-state index in [0.717, 1.165) is 10.6 Å². The Bertz CT molecular complexity index is 676. The molecule has 0 aliphatic heterocycles. The maximum atomic E-state index is 12.0. The molecule has 0 unspecified atom stereocenters. The van der Waals surface area contributed by atoms with Gasteiger partial charge in [-0.2, -0.15) is 5.10 Å². The average molecular weight is 315 g/mol. The Labute approximate surface area is 133 Å². The average Bonchev–Trinajstić information content (AvgIpc) is 3.07. The minimum atomic E-state index is -0.288. The van der Waals surface area contributed by atoms with Gasteiger partial charge in [-0.05, 0) is 42.6 Å². The van der Waals surface area contributed by atoms with Gasteiger partial charge in [-0.15, -0.1) is 11.3 Å². The van der Waals surface area contributed by atoms with Gasteiger partial charge in [0.05, 0.1) is 5.71 Å². The predicted molar refractivity (Wildman–Crippen MR) is 89.4 cm³/mol. The van der Waals surface area contributed by atoms with Gasteiger partial charge in [-0.3, -0.25) is 9.59 Å². The molecule has 1 heterocycles. The van der Waals surface area contributed by atoms with E-state index in [9.17, 15) is 9.59 Å². The molecule has 5 nitrogen and oxygen atoms in total. The first-order valence-corrected chi connectivity index (χ1v) is 7.76. The summed E-state index contributed by atoms with van der Waals surface area (Å²) in [7, 11) is 0. The normalized spacial score (nSPS) is 11.1. The molecule has 0 saturated heterocycles. The van der Waals surface area contributed by atoms with E-state index in [1.54, 1.807) is 42.5 Å². The minimum absolute atomic E-state index is 0.0617. The fraction of sp³-hybridized carbons (Fsp3) is 0.188. The molecule has 0 aliphatic carbocycles. The number of benzene rings is 1. The van der Waals surface area contributed by atoms with Crippen LogP contribution in [0, 0.1) is 0 Å². The van der Waals surface area contributed by atoms with Crippen molar-refractivity contribution in [1.82, 2.24) is 5.43 Å². The van der Waals surface area contributed by atoms with Crippen LogP contribution in [0.3, 0.4) is 0 Å². The molecule has 0 bridgehead atoms. The zero-order valence-corrected chi connectivity index (χ0v) is 13.2. The first-order valence-electron chi connectivity index (χ1n) is 6.88. The summed E-state index contributed by atoms with van der Waals surface area (Å²) in [5, 5.41) is 8.77. The molecule has 0 fully saturated rings. The van der Waals surface area contributed by atoms with Crippen LogP contribution in [0.2, 0.25) is 0 Å². The second-order valence-corrected chi connectivity index (χ2v) is 5.54. The first-order chi connectivity index (χ1) is 10.6. The molecule has 0 aliphatic rings. The Balaban J connectivity index is 1.98. The van der Waals surface area contributed by atoms with E-state index in [0.29, 0.717) is 17.7 Å². The number of amides is 2. The smallest absolute Gasteiger partial charge is 0.271 e. The van der Waals surface area contributed by atoms with Gasteiger partial charge in [0.1, 0.15) is 0 Å². The maximum absolute atomic E-state index is 12.0. The maximum Gasteiger partial charge on any atom is 0.271 e. The predicted octanol–water partition coefficient (Wildman–Crippen LogP) is 3.25. The molecule has 2 rings (SSSR count). The Hall–Kier alpha value is -2.47. The van der Waals surface area contributed by atoms with Gasteiger partial charge in [0.25, 0.3) is 5.91 Å². The van der Waals surface area contributed by atoms with E-state index in [1.165, 1.54) is 0 Å². The highest BCUT2D eigenvalue weighted by Gasteiger charge is 2.06. The third-order valence-electron chi connectivity index (χ3n) is 2.95. The fourth-order valence-corrected chi connectivity index (χ4v) is 2.37. The van der Waals surface area contributed by atoms with E-state index in [4.69, 9.17) is 0 Å². The lowest BCUT2D eigenvalue weighted by Gasteiger charge is -2.05. The number of hydrogen-bond donors (Lipinski definition) is 2. The summed E-state index contributed by atoms with van der Waals surface area (Å²) in [6.45, 7) is 3.63. The summed E-state index contributed by atoms with van der Waals surface area (Å²) in [6, 6.07) is 10.6. The zero-order valence-electron chi connectivity index (χ0n) is 12.4. The molecule has 1 aromatic carbocycles. The number of nitrogens with one attached hydrogen (secondary N) is 2. The Morgan fingerprint density at radius 1 is 1.18 bits per heavy atom. The third-order valence-corrected chi connectivity index (χ3v) is 3.93. The first kappa shape index (κ1) is 15.9. The van der Waals surface area contributed by atoms with Crippen LogP contribution in [0.5, 0.6) is 0 Å². The molecule has 0 spiro atoms. The lowest BCUT2D eigenvalue weighted by atomic mass is 10.2. The Morgan fingerprint density at radius 3 is 2.50 bits per heavy atom. The highest BCUT2D eigenvalue weighted by atomic mass is 32.1. The van der Waals surface area contributed by atoms with Crippen molar-refractivity contribution >= 4 is 34.6 Å². The van der Waals surface area contributed by atoms with Crippen molar-refractivity contribution in [2.24, 2.45) is 5.10 Å². The van der Waals surface area contributed by atoms with E-state index >= 15 is 0 Å². The number of carbonyl (C=O) groups is 2. The molecular weight excluding hydrogens is 298 g/mol. The molecule has 0 atom stereocenters. The number of hydrazone groups is 1. The van der Waals surface area contributed by atoms with Crippen LogP contribution in [0.1, 0.15) is 35.5 Å². The molecule has 6 heteroatoms. The van der Waals surface area contributed by atoms with Gasteiger partial charge < -0.3 is 5.32 Å². The summed E-state index contributed by atoms with van der Waals surface area (Å²) < 4.78 is 0. The van der Waals surface area contributed by atoms with Crippen LogP contribution in [0.25, 0.3) is 0 Å². The van der Waals surface area contributed by atoms with Crippen molar-refractivity contribution in [1.29, 1.82) is 0 Å². The van der Waals surface area contributed by atoms with Gasteiger partial charge >= 0.3 is 0 Å². The Kier molecular flexibility index (Phi) is 5.43. The quantitative estimate of drug-likeness (QED) is 0.657. The van der Waals surface area contributed by atoms with Gasteiger partial charge in [0.15, 0.2) is 0 Å². The van der Waals surface area contributed by atoms with Gasteiger partial charge in [-0.1, -0.05) is 13.0 Å². The number of thiophene rings is 1. The van der Waals surface area contributed by atoms with Gasteiger partial charge in [0, 0.05) is 22.5 Å². The van der Waals surface area contributed by atoms with Crippen LogP contribution >= 0.6 is 11.3 Å². The molecule has 2 N–H and O–H groups in total. The molecule has 22 heavy (non-hydrogen) atoms. The van der Waals surface area contributed by atoms with Crippen molar-refractivity contribution < 1.29 is 9.59 Å². The van der Waals surface area contributed by atoms with Crippen LogP contribution in [-0.4, -0.2) is 17.5 Å². The number of carbonyl (C=O) groups excluding carboxylic acids is 2. The van der Waals surface area contributed by atoms with E-state index < -0.39 is 0 Å². The highest BCUT2D eigenvalue weighted by molar-refractivity contribution is 7.12. The minimum Gasteiger partial charge on any atom is -0.326 e. The van der Waals surface area contributed by atoms with Crippen LogP contribution in [0.4, 0.5) is 5.69 Å². The van der Waals surface area contributed by atoms with Gasteiger partial charge in [-0.25, -0.2) is 5.43 Å². The van der Waals surface area contributed by atoms with Crippen molar-refractivity contribution in [3.8, 4) is 0 Å². The van der Waals surface area contributed by atoms with Crippen molar-refractivity contribution in [3.05, 3.63) is 52.2 Å². The van der Waals surface area contributed by atoms with Crippen LogP contribution < -0.4 is 10.7 Å². The third kappa shape index (κ3) is 4.26. The monoisotopic (exact) mass is 315 g/mol. The van der Waals surface area contributed by atoms with E-state index in [-0.39, 0.29) is 11.8 Å². The van der Waals surface area contributed by atoms with Crippen LogP contribution in [-0.2, 0) is 4.79 Å². The summed E-state index contributed by atoms with van der Waals surface area (Å²) >= 11 is 1.57. The topological polar surface area (TPSA) is 70.6 Å². The standard InChI is InChI=1S/C16H17N3O2S/c1-3-15(20)17-13-8-6-12(7-9-13)16(21)19-18-11(2)14-5-4-10-22-14/h4-10H,3H2,1-2H3,(H,17,20)(H,19,21). The SMILES string of the molecule is CCC(=O)Nc1ccc(C(=O)NN=C(C)c2cccs2)cc1. The number of nitrogens with zero attached hydrogens (tertiary/aromatic N) is 1. The van der Waals surface area contributed by atoms with E-state index in [1.807, 2.05) is 24.4 Å². The molecule has 0 saturated carbocycles. The second kappa shape index (κ2) is 7.51. The largest absolute Gasteiger partial charge is 0.326 e. The zero-order chi connectivity index (χ0) is 15.9. The van der Waals surface area contributed by atoms with Crippen LogP contribution in [0.15, 0.2) is 46.9 Å². The lowest BCUT2D eigenvalue weighted by Crippen LogP contribution is -2.19. The Morgan fingerprint density at radius 2 is 1.91 bits per heavy atom. The molecule has 2 amide bonds. The fourth-order valence-electron chi connectivity index (χ4n) is 1.69. The number of anilines is 1. The molecule has 1 aromatic heterocycles. The molecular formula is C16H17N3O2S. The number of hydrogen-bond acceptors (Lipinski definition) is 4. The summed E-state index contributed by atoms with van der Waals surface area (Å²) in [4.78, 5) is 24.3. The molecule has 0 radical (unpaired) electrons. The second-order valence-electron chi connectivity index (χ2n) is 4.59. The van der Waals surface area contributed by atoms with Crippen molar-refractivity contribution in [3.63, 3.8) is 0 Å². The highest BCUT2D eigenvalue weighted by Crippen LogP contribution is 2.11. The lowest BCUT2D eigenvalue weighted by molar-refractivity contribution is -0.115. The summed E-state index contributed by atoms with van der Waals surface area (Å²) in [6.07, 6.45) is 0.416. The summed E-state index contributed by atoms with van der Waals surface area (Å²) in [5.41, 5.74) is 4.44. The summed E-state index contributed by atoms with van der Waals surface area (Å²) in [5.74, 6) is -0.349. The molecule has 114 valence electrons. The molecule has 2 aromatic rings.